The maximum Gasteiger partial charge on any atom is 0.196 e. The zero-order valence-corrected chi connectivity index (χ0v) is 17.9. The minimum absolute atomic E-state index is 0.109. The van der Waals surface area contributed by atoms with Crippen LogP contribution in [-0.2, 0) is 0 Å². The number of ketones is 1. The number of methoxy groups -OCH3 is 1. The third kappa shape index (κ3) is 4.51. The number of aromatic nitrogens is 3. The van der Waals surface area contributed by atoms with Crippen molar-refractivity contribution < 1.29 is 13.9 Å². The largest absolute Gasteiger partial charge is 0.496 e. The van der Waals surface area contributed by atoms with Gasteiger partial charge in [-0.15, -0.1) is 10.2 Å². The number of Topliss-reactive ketones (excluding diaryl/α,β-unsaturated/α-hetero) is 1. The Morgan fingerprint density at radius 1 is 1.00 bits per heavy atom. The van der Waals surface area contributed by atoms with E-state index >= 15 is 0 Å². The average Bonchev–Trinajstić information content (AvgIpc) is 3.22. The number of para-hydroxylation sites is 1. The van der Waals surface area contributed by atoms with Gasteiger partial charge in [0.25, 0.3) is 0 Å². The minimum Gasteiger partial charge on any atom is -0.496 e. The van der Waals surface area contributed by atoms with Crippen LogP contribution in [0.5, 0.6) is 5.75 Å². The molecule has 0 aliphatic rings. The van der Waals surface area contributed by atoms with Gasteiger partial charge in [-0.1, -0.05) is 41.6 Å². The first-order chi connectivity index (χ1) is 15.1. The number of halogens is 1. The van der Waals surface area contributed by atoms with E-state index in [1.165, 1.54) is 36.0 Å². The third-order valence-corrected chi connectivity index (χ3v) is 5.70. The van der Waals surface area contributed by atoms with Crippen LogP contribution in [0.4, 0.5) is 4.39 Å². The van der Waals surface area contributed by atoms with Crippen molar-refractivity contribution in [2.45, 2.75) is 12.1 Å². The molecule has 0 radical (unpaired) electrons. The second kappa shape index (κ2) is 9.14. The van der Waals surface area contributed by atoms with Crippen LogP contribution < -0.4 is 4.74 Å². The Kier molecular flexibility index (Phi) is 6.13. The van der Waals surface area contributed by atoms with Crippen LogP contribution in [0, 0.1) is 12.7 Å². The lowest BCUT2D eigenvalue weighted by atomic mass is 10.1. The van der Waals surface area contributed by atoms with Gasteiger partial charge in [0.05, 0.1) is 18.4 Å². The number of aryl methyl sites for hydroxylation is 1. The molecule has 156 valence electrons. The van der Waals surface area contributed by atoms with Crippen molar-refractivity contribution in [3.8, 4) is 22.8 Å². The molecule has 0 unspecified atom stereocenters. The molecular weight excluding hydrogens is 413 g/mol. The molecule has 31 heavy (non-hydrogen) atoms. The highest BCUT2D eigenvalue weighted by molar-refractivity contribution is 7.99. The highest BCUT2D eigenvalue weighted by Crippen LogP contribution is 2.33. The number of thioether (sulfide) groups is 1. The van der Waals surface area contributed by atoms with Crippen molar-refractivity contribution in [1.29, 1.82) is 0 Å². The van der Waals surface area contributed by atoms with E-state index in [1.807, 2.05) is 60.0 Å². The monoisotopic (exact) mass is 433 g/mol. The SMILES string of the molecule is COc1ccccc1-c1nnc(SCC(=O)c2ccc(F)cc2)n1-c1ccc(C)cc1. The summed E-state index contributed by atoms with van der Waals surface area (Å²) in [5.74, 6) is 0.981. The van der Waals surface area contributed by atoms with Crippen molar-refractivity contribution in [1.82, 2.24) is 14.8 Å². The maximum atomic E-state index is 13.1. The first-order valence-corrected chi connectivity index (χ1v) is 10.6. The molecular formula is C24H20FN3O2S. The van der Waals surface area contributed by atoms with Gasteiger partial charge >= 0.3 is 0 Å². The number of hydrogen-bond acceptors (Lipinski definition) is 5. The number of nitrogens with zero attached hydrogens (tertiary/aromatic N) is 3. The van der Waals surface area contributed by atoms with Gasteiger partial charge in [-0.25, -0.2) is 4.39 Å². The summed E-state index contributed by atoms with van der Waals surface area (Å²) >= 11 is 1.29. The van der Waals surface area contributed by atoms with Crippen LogP contribution in [0.25, 0.3) is 17.1 Å². The summed E-state index contributed by atoms with van der Waals surface area (Å²) in [7, 11) is 1.61. The molecule has 0 saturated heterocycles. The minimum atomic E-state index is -0.371. The van der Waals surface area contributed by atoms with Crippen LogP contribution in [0.1, 0.15) is 15.9 Å². The Morgan fingerprint density at radius 2 is 1.71 bits per heavy atom. The molecule has 4 aromatic rings. The molecule has 0 atom stereocenters. The van der Waals surface area contributed by atoms with Gasteiger partial charge in [0.15, 0.2) is 16.8 Å². The quantitative estimate of drug-likeness (QED) is 0.290. The number of carbonyl (C=O) groups is 1. The molecule has 1 heterocycles. The fraction of sp³-hybridized carbons (Fsp3) is 0.125. The van der Waals surface area contributed by atoms with Gasteiger partial charge in [-0.05, 0) is 55.5 Å². The molecule has 0 saturated carbocycles. The molecule has 0 N–H and O–H groups in total. The number of ether oxygens (including phenoxy) is 1. The normalized spacial score (nSPS) is 10.8. The summed E-state index contributed by atoms with van der Waals surface area (Å²) in [6.45, 7) is 2.02. The smallest absolute Gasteiger partial charge is 0.196 e. The predicted octanol–water partition coefficient (Wildman–Crippen LogP) is 5.37. The molecule has 0 fully saturated rings. The Bertz CT molecular complexity index is 1200. The van der Waals surface area contributed by atoms with Gasteiger partial charge in [0, 0.05) is 11.3 Å². The lowest BCUT2D eigenvalue weighted by Crippen LogP contribution is -2.05. The van der Waals surface area contributed by atoms with Crippen LogP contribution in [0.15, 0.2) is 78.0 Å². The Balaban J connectivity index is 1.71. The second-order valence-electron chi connectivity index (χ2n) is 6.90. The molecule has 4 rings (SSSR count). The van der Waals surface area contributed by atoms with Crippen molar-refractivity contribution in [3.63, 3.8) is 0 Å². The molecule has 0 bridgehead atoms. The van der Waals surface area contributed by atoms with Crippen molar-refractivity contribution in [2.75, 3.05) is 12.9 Å². The number of benzene rings is 3. The van der Waals surface area contributed by atoms with Gasteiger partial charge in [-0.2, -0.15) is 0 Å². The topological polar surface area (TPSA) is 57.0 Å². The van der Waals surface area contributed by atoms with E-state index in [9.17, 15) is 9.18 Å². The Labute approximate surface area is 183 Å². The zero-order chi connectivity index (χ0) is 21.8. The average molecular weight is 434 g/mol. The van der Waals surface area contributed by atoms with Crippen molar-refractivity contribution >= 4 is 17.5 Å². The fourth-order valence-corrected chi connectivity index (χ4v) is 3.99. The Morgan fingerprint density at radius 3 is 2.42 bits per heavy atom. The highest BCUT2D eigenvalue weighted by Gasteiger charge is 2.20. The van der Waals surface area contributed by atoms with Gasteiger partial charge in [0.2, 0.25) is 0 Å². The van der Waals surface area contributed by atoms with E-state index in [0.29, 0.717) is 22.3 Å². The summed E-state index contributed by atoms with van der Waals surface area (Å²) in [6.07, 6.45) is 0. The lowest BCUT2D eigenvalue weighted by molar-refractivity contribution is 0.102. The summed E-state index contributed by atoms with van der Waals surface area (Å²) in [5.41, 5.74) is 3.28. The lowest BCUT2D eigenvalue weighted by Gasteiger charge is -2.12. The summed E-state index contributed by atoms with van der Waals surface area (Å²) < 4.78 is 20.6. The fourth-order valence-electron chi connectivity index (χ4n) is 3.14. The number of hydrogen-bond donors (Lipinski definition) is 0. The molecule has 0 aliphatic carbocycles. The van der Waals surface area contributed by atoms with Gasteiger partial charge < -0.3 is 4.74 Å². The first-order valence-electron chi connectivity index (χ1n) is 9.64. The third-order valence-electron chi connectivity index (χ3n) is 4.77. The van der Waals surface area contributed by atoms with Crippen LogP contribution in [-0.4, -0.2) is 33.4 Å². The zero-order valence-electron chi connectivity index (χ0n) is 17.1. The predicted molar refractivity (Wildman–Crippen MR) is 120 cm³/mol. The van der Waals surface area contributed by atoms with E-state index in [4.69, 9.17) is 4.74 Å². The highest BCUT2D eigenvalue weighted by atomic mass is 32.2. The number of carbonyl (C=O) groups excluding carboxylic acids is 1. The molecule has 1 aromatic heterocycles. The van der Waals surface area contributed by atoms with Gasteiger partial charge in [0.1, 0.15) is 11.6 Å². The molecule has 0 amide bonds. The summed E-state index contributed by atoms with van der Waals surface area (Å²) in [4.78, 5) is 12.6. The Hall–Kier alpha value is -3.45. The number of rotatable bonds is 7. The van der Waals surface area contributed by atoms with Gasteiger partial charge in [-0.3, -0.25) is 9.36 Å². The molecule has 5 nitrogen and oxygen atoms in total. The summed E-state index contributed by atoms with van der Waals surface area (Å²) in [6, 6.07) is 21.2. The molecule has 3 aromatic carbocycles. The van der Waals surface area contributed by atoms with Crippen molar-refractivity contribution in [2.24, 2.45) is 0 Å². The van der Waals surface area contributed by atoms with E-state index in [-0.39, 0.29) is 17.4 Å². The second-order valence-corrected chi connectivity index (χ2v) is 7.84. The first kappa shape index (κ1) is 20.8. The maximum absolute atomic E-state index is 13.1. The standard InChI is InChI=1S/C24H20FN3O2S/c1-16-7-13-19(14-8-16)28-23(20-5-3-4-6-22(20)30-2)26-27-24(28)31-15-21(29)17-9-11-18(25)12-10-17/h3-14H,15H2,1-2H3. The van der Waals surface area contributed by atoms with E-state index < -0.39 is 0 Å². The summed E-state index contributed by atoms with van der Waals surface area (Å²) in [5, 5.41) is 9.35. The van der Waals surface area contributed by atoms with E-state index in [1.54, 1.807) is 7.11 Å². The van der Waals surface area contributed by atoms with Crippen LogP contribution in [0.3, 0.4) is 0 Å². The van der Waals surface area contributed by atoms with Crippen LogP contribution >= 0.6 is 11.8 Å². The molecule has 0 spiro atoms. The molecule has 7 heteroatoms. The van der Waals surface area contributed by atoms with E-state index in [2.05, 4.69) is 10.2 Å². The molecule has 0 aliphatic heterocycles. The van der Waals surface area contributed by atoms with E-state index in [0.717, 1.165) is 16.8 Å². The van der Waals surface area contributed by atoms with Crippen LogP contribution in [0.2, 0.25) is 0 Å². The van der Waals surface area contributed by atoms with Crippen molar-refractivity contribution in [3.05, 3.63) is 89.7 Å².